The van der Waals surface area contributed by atoms with E-state index in [2.05, 4.69) is 36.8 Å². The lowest BCUT2D eigenvalue weighted by molar-refractivity contribution is 0.103. The van der Waals surface area contributed by atoms with Gasteiger partial charge in [-0.2, -0.15) is 0 Å². The number of hydrogen-bond acceptors (Lipinski definition) is 2. The summed E-state index contributed by atoms with van der Waals surface area (Å²) in [6.07, 6.45) is 1.73. The van der Waals surface area contributed by atoms with E-state index in [9.17, 15) is 4.79 Å². The van der Waals surface area contributed by atoms with E-state index < -0.39 is 0 Å². The summed E-state index contributed by atoms with van der Waals surface area (Å²) in [5.74, 6) is -0.0673. The number of aromatic amines is 1. The quantitative estimate of drug-likeness (QED) is 0.497. The Hall–Kier alpha value is -1.59. The van der Waals surface area contributed by atoms with Gasteiger partial charge in [-0.05, 0) is 40.2 Å². The largest absolute Gasteiger partial charge is 0.398 e. The van der Waals surface area contributed by atoms with Gasteiger partial charge in [0, 0.05) is 38.4 Å². The predicted molar refractivity (Wildman–Crippen MR) is 88.0 cm³/mol. The van der Waals surface area contributed by atoms with Crippen LogP contribution in [0.5, 0.6) is 0 Å². The number of ketones is 1. The molecule has 0 bridgehead atoms. The van der Waals surface area contributed by atoms with Crippen LogP contribution in [0.25, 0.3) is 10.9 Å². The van der Waals surface area contributed by atoms with Gasteiger partial charge >= 0.3 is 0 Å². The lowest BCUT2D eigenvalue weighted by atomic mass is 10.0. The Morgan fingerprint density at radius 2 is 1.80 bits per heavy atom. The van der Waals surface area contributed by atoms with Crippen LogP contribution in [0.2, 0.25) is 0 Å². The zero-order chi connectivity index (χ0) is 14.3. The number of H-pyrrole nitrogens is 1. The highest BCUT2D eigenvalue weighted by molar-refractivity contribution is 9.11. The number of halogens is 2. The van der Waals surface area contributed by atoms with Gasteiger partial charge in [0.05, 0.1) is 4.47 Å². The highest BCUT2D eigenvalue weighted by atomic mass is 79.9. The van der Waals surface area contributed by atoms with Crippen LogP contribution in [0.3, 0.4) is 0 Å². The van der Waals surface area contributed by atoms with Gasteiger partial charge in [0.2, 0.25) is 0 Å². The molecule has 3 N–H and O–H groups in total. The van der Waals surface area contributed by atoms with Crippen LogP contribution in [-0.2, 0) is 0 Å². The maximum Gasteiger partial charge on any atom is 0.196 e. The number of fused-ring (bicyclic) bond motifs is 1. The molecule has 0 saturated heterocycles. The number of nitrogens with one attached hydrogen (secondary N) is 1. The number of rotatable bonds is 2. The van der Waals surface area contributed by atoms with Crippen LogP contribution in [-0.4, -0.2) is 10.8 Å². The predicted octanol–water partition coefficient (Wildman–Crippen LogP) is 4.51. The molecule has 100 valence electrons. The van der Waals surface area contributed by atoms with E-state index in [1.54, 1.807) is 24.4 Å². The molecule has 0 fully saturated rings. The highest BCUT2D eigenvalue weighted by Crippen LogP contribution is 2.31. The van der Waals surface area contributed by atoms with Crippen LogP contribution >= 0.6 is 31.9 Å². The molecule has 0 aliphatic carbocycles. The third-order valence-corrected chi connectivity index (χ3v) is 4.72. The number of aromatic nitrogens is 1. The van der Waals surface area contributed by atoms with E-state index in [1.165, 1.54) is 0 Å². The molecule has 0 spiro atoms. The Kier molecular flexibility index (Phi) is 3.40. The molecule has 0 atom stereocenters. The van der Waals surface area contributed by atoms with Crippen LogP contribution in [0.4, 0.5) is 5.69 Å². The summed E-state index contributed by atoms with van der Waals surface area (Å²) in [5.41, 5.74) is 8.49. The fourth-order valence-corrected chi connectivity index (χ4v) is 3.21. The minimum absolute atomic E-state index is 0.0673. The minimum Gasteiger partial charge on any atom is -0.398 e. The Balaban J connectivity index is 2.21. The van der Waals surface area contributed by atoms with Crippen LogP contribution in [0, 0.1) is 0 Å². The topological polar surface area (TPSA) is 58.9 Å². The second kappa shape index (κ2) is 5.07. The van der Waals surface area contributed by atoms with Gasteiger partial charge in [0.15, 0.2) is 5.78 Å². The molecule has 1 heterocycles. The third-order valence-electron chi connectivity index (χ3n) is 3.17. The first-order valence-corrected chi connectivity index (χ1v) is 7.52. The summed E-state index contributed by atoms with van der Waals surface area (Å²) in [7, 11) is 0. The molecule has 3 nitrogen and oxygen atoms in total. The number of hydrogen-bond donors (Lipinski definition) is 2. The van der Waals surface area contributed by atoms with Gasteiger partial charge in [-0.25, -0.2) is 0 Å². The van der Waals surface area contributed by atoms with E-state index in [0.29, 0.717) is 21.3 Å². The van der Waals surface area contributed by atoms with Crippen molar-refractivity contribution in [3.8, 4) is 0 Å². The van der Waals surface area contributed by atoms with Gasteiger partial charge in [0.1, 0.15) is 0 Å². The standard InChI is InChI=1S/C15H10Br2N2O/c16-10-4-2-6-12-13(10)9(7-19-12)15(20)8-3-1-5-11(18)14(8)17/h1-7,19H,18H2. The van der Waals surface area contributed by atoms with Gasteiger partial charge in [-0.3, -0.25) is 4.79 Å². The molecular weight excluding hydrogens is 384 g/mol. The highest BCUT2D eigenvalue weighted by Gasteiger charge is 2.18. The summed E-state index contributed by atoms with van der Waals surface area (Å²) in [6.45, 7) is 0. The summed E-state index contributed by atoms with van der Waals surface area (Å²) in [4.78, 5) is 15.8. The second-order valence-corrected chi connectivity index (χ2v) is 6.05. The molecule has 0 radical (unpaired) electrons. The molecule has 3 rings (SSSR count). The van der Waals surface area contributed by atoms with Crippen molar-refractivity contribution in [3.63, 3.8) is 0 Å². The zero-order valence-electron chi connectivity index (χ0n) is 10.3. The van der Waals surface area contributed by atoms with Crippen LogP contribution < -0.4 is 5.73 Å². The van der Waals surface area contributed by atoms with E-state index in [1.807, 2.05) is 18.2 Å². The van der Waals surface area contributed by atoms with Gasteiger partial charge in [0.25, 0.3) is 0 Å². The molecule has 5 heteroatoms. The van der Waals surface area contributed by atoms with Crippen molar-refractivity contribution in [2.75, 3.05) is 5.73 Å². The van der Waals surface area contributed by atoms with Crippen molar-refractivity contribution in [1.29, 1.82) is 0 Å². The SMILES string of the molecule is Nc1cccc(C(=O)c2c[nH]c3cccc(Br)c23)c1Br. The summed E-state index contributed by atoms with van der Waals surface area (Å²) < 4.78 is 1.52. The molecule has 20 heavy (non-hydrogen) atoms. The number of nitrogen functional groups attached to an aromatic ring is 1. The van der Waals surface area contributed by atoms with Crippen molar-refractivity contribution < 1.29 is 4.79 Å². The Labute approximate surface area is 132 Å². The first-order chi connectivity index (χ1) is 9.59. The second-order valence-electron chi connectivity index (χ2n) is 4.40. The normalized spacial score (nSPS) is 10.9. The van der Waals surface area contributed by atoms with Crippen molar-refractivity contribution in [3.05, 3.63) is 62.7 Å². The summed E-state index contributed by atoms with van der Waals surface area (Å²) in [5, 5.41) is 0.881. The monoisotopic (exact) mass is 392 g/mol. The van der Waals surface area contributed by atoms with Gasteiger partial charge < -0.3 is 10.7 Å². The number of benzene rings is 2. The summed E-state index contributed by atoms with van der Waals surface area (Å²) in [6, 6.07) is 11.1. The molecular formula is C15H10Br2N2O. The van der Waals surface area contributed by atoms with Crippen LogP contribution in [0.15, 0.2) is 51.5 Å². The van der Waals surface area contributed by atoms with Crippen molar-refractivity contribution in [1.82, 2.24) is 4.98 Å². The van der Waals surface area contributed by atoms with Crippen molar-refractivity contribution >= 4 is 54.2 Å². The van der Waals surface area contributed by atoms with E-state index >= 15 is 0 Å². The third kappa shape index (κ3) is 2.07. The molecule has 3 aromatic rings. The molecule has 0 amide bonds. The number of anilines is 1. The maximum absolute atomic E-state index is 12.7. The molecule has 2 aromatic carbocycles. The fraction of sp³-hybridized carbons (Fsp3) is 0. The number of carbonyl (C=O) groups is 1. The lowest BCUT2D eigenvalue weighted by Crippen LogP contribution is -2.03. The molecule has 0 aliphatic rings. The Morgan fingerprint density at radius 3 is 2.60 bits per heavy atom. The summed E-state index contributed by atoms with van der Waals surface area (Å²) >= 11 is 6.87. The van der Waals surface area contributed by atoms with Gasteiger partial charge in [-0.15, -0.1) is 0 Å². The molecule has 1 aromatic heterocycles. The molecule has 0 aliphatic heterocycles. The zero-order valence-corrected chi connectivity index (χ0v) is 13.5. The molecule has 0 saturated carbocycles. The number of nitrogens with two attached hydrogens (primary N) is 1. The fourth-order valence-electron chi connectivity index (χ4n) is 2.19. The van der Waals surface area contributed by atoms with Crippen molar-refractivity contribution in [2.24, 2.45) is 0 Å². The van der Waals surface area contributed by atoms with E-state index in [4.69, 9.17) is 5.73 Å². The molecule has 0 unspecified atom stereocenters. The van der Waals surface area contributed by atoms with Crippen LogP contribution in [0.1, 0.15) is 15.9 Å². The Bertz CT molecular complexity index is 824. The minimum atomic E-state index is -0.0673. The average molecular weight is 394 g/mol. The van der Waals surface area contributed by atoms with E-state index in [-0.39, 0.29) is 5.78 Å². The average Bonchev–Trinajstić information content (AvgIpc) is 2.86. The first-order valence-electron chi connectivity index (χ1n) is 5.94. The van der Waals surface area contributed by atoms with E-state index in [0.717, 1.165) is 15.4 Å². The first kappa shape index (κ1) is 13.4. The van der Waals surface area contributed by atoms with Gasteiger partial charge in [-0.1, -0.05) is 28.1 Å². The smallest absolute Gasteiger partial charge is 0.196 e. The van der Waals surface area contributed by atoms with Crippen molar-refractivity contribution in [2.45, 2.75) is 0 Å². The number of carbonyl (C=O) groups excluding carboxylic acids is 1. The maximum atomic E-state index is 12.7. The Morgan fingerprint density at radius 1 is 1.05 bits per heavy atom. The lowest BCUT2D eigenvalue weighted by Gasteiger charge is -2.06.